The summed E-state index contributed by atoms with van der Waals surface area (Å²) in [6.07, 6.45) is 79.9. The maximum Gasteiger partial charge on any atom is 0.305 e. The van der Waals surface area contributed by atoms with E-state index in [1.807, 2.05) is 6.08 Å². The van der Waals surface area contributed by atoms with Gasteiger partial charge in [0.15, 0.2) is 0 Å². The van der Waals surface area contributed by atoms with E-state index in [0.29, 0.717) is 19.4 Å². The Balaban J connectivity index is 3.48. The van der Waals surface area contributed by atoms with Gasteiger partial charge in [0, 0.05) is 12.8 Å². The number of ether oxygens (including phenoxy) is 1. The van der Waals surface area contributed by atoms with Crippen LogP contribution >= 0.6 is 0 Å². The Kier molecular flexibility index (Phi) is 59.0. The van der Waals surface area contributed by atoms with Gasteiger partial charge in [-0.3, -0.25) is 9.59 Å². The summed E-state index contributed by atoms with van der Waals surface area (Å²) in [5.74, 6) is -0.116. The van der Waals surface area contributed by atoms with E-state index in [9.17, 15) is 19.8 Å². The van der Waals surface area contributed by atoms with Crippen molar-refractivity contribution in [2.75, 3.05) is 13.2 Å². The predicted octanol–water partition coefficient (Wildman–Crippen LogP) is 19.9. The lowest BCUT2D eigenvalue weighted by atomic mass is 10.0. The molecule has 2 unspecified atom stereocenters. The summed E-state index contributed by atoms with van der Waals surface area (Å²) in [5, 5.41) is 23.1. The number of aliphatic hydroxyl groups is 2. The van der Waals surface area contributed by atoms with E-state index >= 15 is 0 Å². The Morgan fingerprint density at radius 2 is 0.694 bits per heavy atom. The first kappa shape index (κ1) is 69.6. The molecule has 420 valence electrons. The summed E-state index contributed by atoms with van der Waals surface area (Å²) in [5.41, 5.74) is 0. The molecule has 3 N–H and O–H groups in total. The summed E-state index contributed by atoms with van der Waals surface area (Å²) in [4.78, 5) is 24.5. The normalized spacial score (nSPS) is 13.0. The van der Waals surface area contributed by atoms with Crippen molar-refractivity contribution in [3.05, 3.63) is 60.8 Å². The van der Waals surface area contributed by atoms with Crippen molar-refractivity contribution in [2.24, 2.45) is 0 Å². The number of aliphatic hydroxyl groups excluding tert-OH is 2. The van der Waals surface area contributed by atoms with E-state index in [1.165, 1.54) is 238 Å². The van der Waals surface area contributed by atoms with Crippen molar-refractivity contribution >= 4 is 11.9 Å². The van der Waals surface area contributed by atoms with Crippen molar-refractivity contribution in [1.29, 1.82) is 0 Å². The van der Waals surface area contributed by atoms with Crippen molar-refractivity contribution < 1.29 is 24.5 Å². The van der Waals surface area contributed by atoms with E-state index < -0.39 is 12.1 Å². The van der Waals surface area contributed by atoms with Crippen LogP contribution in [0.5, 0.6) is 0 Å². The average Bonchev–Trinajstić information content (AvgIpc) is 3.38. The molecule has 6 nitrogen and oxygen atoms in total. The lowest BCUT2D eigenvalue weighted by Gasteiger charge is -2.20. The molecule has 0 aliphatic rings. The fourth-order valence-electron chi connectivity index (χ4n) is 9.44. The van der Waals surface area contributed by atoms with Gasteiger partial charge in [0.25, 0.3) is 0 Å². The van der Waals surface area contributed by atoms with Crippen LogP contribution in [-0.2, 0) is 14.3 Å². The highest BCUT2D eigenvalue weighted by Gasteiger charge is 2.18. The second kappa shape index (κ2) is 61.1. The highest BCUT2D eigenvalue weighted by atomic mass is 16.5. The number of rotatable bonds is 58. The molecule has 6 heteroatoms. The third-order valence-electron chi connectivity index (χ3n) is 14.3. The maximum absolute atomic E-state index is 12.5. The average molecular weight is 1010 g/mol. The number of carbonyl (C=O) groups excluding carboxylic acids is 2. The first-order valence-electron chi connectivity index (χ1n) is 31.6. The van der Waals surface area contributed by atoms with Crippen molar-refractivity contribution in [2.45, 2.75) is 334 Å². The van der Waals surface area contributed by atoms with Gasteiger partial charge in [-0.05, 0) is 83.5 Å². The van der Waals surface area contributed by atoms with Gasteiger partial charge in [-0.25, -0.2) is 0 Å². The maximum atomic E-state index is 12.5. The van der Waals surface area contributed by atoms with Crippen molar-refractivity contribution in [3.63, 3.8) is 0 Å². The fourth-order valence-corrected chi connectivity index (χ4v) is 9.44. The molecule has 1 amide bonds. The van der Waals surface area contributed by atoms with Crippen LogP contribution in [0.4, 0.5) is 0 Å². The second-order valence-corrected chi connectivity index (χ2v) is 21.4. The van der Waals surface area contributed by atoms with Gasteiger partial charge in [-0.1, -0.05) is 286 Å². The van der Waals surface area contributed by atoms with Gasteiger partial charge in [0.05, 0.1) is 25.4 Å². The van der Waals surface area contributed by atoms with E-state index in [2.05, 4.69) is 67.8 Å². The SMILES string of the molecule is CCCCCC/C=C\C/C=C\CCCCCCCCCC(=O)OCC/C=C\C/C=C\CCCCCCCCCCCCCCCCC(=O)NC(CO)C(O)/C=C/CCCCCCCCCCCCCCCC. The van der Waals surface area contributed by atoms with Crippen LogP contribution in [-0.4, -0.2) is 47.4 Å². The van der Waals surface area contributed by atoms with Crippen LogP contribution in [0.3, 0.4) is 0 Å². The Labute approximate surface area is 448 Å². The molecule has 0 radical (unpaired) electrons. The van der Waals surface area contributed by atoms with Gasteiger partial charge in [-0.15, -0.1) is 0 Å². The third kappa shape index (κ3) is 56.8. The number of nitrogens with one attached hydrogen (secondary N) is 1. The quantitative estimate of drug-likeness (QED) is 0.0320. The first-order valence-corrected chi connectivity index (χ1v) is 31.6. The van der Waals surface area contributed by atoms with Crippen LogP contribution in [0.25, 0.3) is 0 Å². The lowest BCUT2D eigenvalue weighted by molar-refractivity contribution is -0.143. The molecular weight excluding hydrogens is 887 g/mol. The molecule has 0 bridgehead atoms. The minimum Gasteiger partial charge on any atom is -0.465 e. The van der Waals surface area contributed by atoms with Crippen LogP contribution in [0.2, 0.25) is 0 Å². The third-order valence-corrected chi connectivity index (χ3v) is 14.3. The number of allylic oxidation sites excluding steroid dienone is 8. The van der Waals surface area contributed by atoms with Crippen LogP contribution in [0.15, 0.2) is 60.8 Å². The van der Waals surface area contributed by atoms with Gasteiger partial charge in [0.1, 0.15) is 0 Å². The Bertz CT molecular complexity index is 1250. The second-order valence-electron chi connectivity index (χ2n) is 21.4. The summed E-state index contributed by atoms with van der Waals surface area (Å²) in [7, 11) is 0. The first-order chi connectivity index (χ1) is 35.5. The highest BCUT2D eigenvalue weighted by Crippen LogP contribution is 2.17. The molecule has 0 heterocycles. The molecule has 0 fully saturated rings. The Hall–Kier alpha value is -2.44. The molecule has 2 atom stereocenters. The number of carbonyl (C=O) groups is 2. The van der Waals surface area contributed by atoms with E-state index in [4.69, 9.17) is 4.74 Å². The Morgan fingerprint density at radius 1 is 0.389 bits per heavy atom. The number of esters is 1. The minimum atomic E-state index is -0.849. The monoisotopic (exact) mass is 1010 g/mol. The Morgan fingerprint density at radius 3 is 1.07 bits per heavy atom. The zero-order chi connectivity index (χ0) is 52.2. The minimum absolute atomic E-state index is 0.0436. The molecule has 72 heavy (non-hydrogen) atoms. The molecule has 0 aromatic carbocycles. The summed E-state index contributed by atoms with van der Waals surface area (Å²) < 4.78 is 5.43. The molecule has 0 saturated heterocycles. The molecular formula is C66H121NO5. The largest absolute Gasteiger partial charge is 0.465 e. The van der Waals surface area contributed by atoms with E-state index in [-0.39, 0.29) is 18.5 Å². The fraction of sp³-hybridized carbons (Fsp3) is 0.818. The zero-order valence-electron chi connectivity index (χ0n) is 47.9. The molecule has 0 spiro atoms. The molecule has 0 aliphatic carbocycles. The predicted molar refractivity (Wildman–Crippen MR) is 315 cm³/mol. The number of unbranched alkanes of at least 4 members (excludes halogenated alkanes) is 39. The van der Waals surface area contributed by atoms with Crippen LogP contribution < -0.4 is 5.32 Å². The lowest BCUT2D eigenvalue weighted by Crippen LogP contribution is -2.45. The summed E-state index contributed by atoms with van der Waals surface area (Å²) >= 11 is 0. The van der Waals surface area contributed by atoms with Crippen LogP contribution in [0.1, 0.15) is 322 Å². The molecule has 0 rings (SSSR count). The number of hydrogen-bond acceptors (Lipinski definition) is 5. The topological polar surface area (TPSA) is 95.9 Å². The van der Waals surface area contributed by atoms with Crippen molar-refractivity contribution in [3.8, 4) is 0 Å². The van der Waals surface area contributed by atoms with Gasteiger partial charge in [-0.2, -0.15) is 0 Å². The highest BCUT2D eigenvalue weighted by molar-refractivity contribution is 5.76. The molecule has 0 aliphatic heterocycles. The van der Waals surface area contributed by atoms with Crippen molar-refractivity contribution in [1.82, 2.24) is 5.32 Å². The van der Waals surface area contributed by atoms with E-state index in [0.717, 1.165) is 57.8 Å². The van der Waals surface area contributed by atoms with E-state index in [1.54, 1.807) is 6.08 Å². The molecule has 0 aromatic rings. The van der Waals surface area contributed by atoms with Gasteiger partial charge >= 0.3 is 5.97 Å². The standard InChI is InChI=1S/C66H121NO5/c1-3-5-7-9-11-13-15-17-19-21-28-32-36-40-44-48-52-56-60-66(71)72-61-57-53-49-45-41-37-33-29-26-24-22-23-25-27-31-35-39-43-47-51-55-59-65(70)67-63(62-68)64(69)58-54-50-46-42-38-34-30-20-18-16-14-12-10-8-6-4-2/h13,15,19,21,37,41,49,53-54,58,63-64,68-69H,3-12,14,16-18,20,22-36,38-40,42-48,50-52,55-57,59-62H2,1-2H3,(H,67,70)/b15-13-,21-19-,41-37-,53-49-,58-54+. The zero-order valence-corrected chi connectivity index (χ0v) is 47.9. The molecule has 0 aromatic heterocycles. The smallest absolute Gasteiger partial charge is 0.305 e. The van der Waals surface area contributed by atoms with Gasteiger partial charge in [0.2, 0.25) is 5.91 Å². The molecule has 0 saturated carbocycles. The number of hydrogen-bond donors (Lipinski definition) is 3. The summed E-state index contributed by atoms with van der Waals surface area (Å²) in [6, 6.07) is -0.633. The summed E-state index contributed by atoms with van der Waals surface area (Å²) in [6.45, 7) is 4.78. The van der Waals surface area contributed by atoms with Gasteiger partial charge < -0.3 is 20.3 Å². The number of amides is 1. The van der Waals surface area contributed by atoms with Crippen LogP contribution in [0, 0.1) is 0 Å².